The Morgan fingerprint density at radius 3 is 2.69 bits per heavy atom. The Bertz CT molecular complexity index is 899. The van der Waals surface area contributed by atoms with Crippen LogP contribution in [-0.2, 0) is 11.4 Å². The molecule has 2 aromatic rings. The van der Waals surface area contributed by atoms with Crippen LogP contribution >= 0.6 is 34.8 Å². The Morgan fingerprint density at radius 2 is 2.00 bits per heavy atom. The fourth-order valence-corrected chi connectivity index (χ4v) is 4.06. The monoisotopic (exact) mass is 451 g/mol. The van der Waals surface area contributed by atoms with E-state index in [1.807, 2.05) is 24.3 Å². The second kappa shape index (κ2) is 10.0. The van der Waals surface area contributed by atoms with Gasteiger partial charge in [-0.3, -0.25) is 4.84 Å². The highest BCUT2D eigenvalue weighted by molar-refractivity contribution is 6.33. The fourth-order valence-electron chi connectivity index (χ4n) is 3.48. The Morgan fingerprint density at radius 1 is 1.21 bits per heavy atom. The first-order valence-electron chi connectivity index (χ1n) is 9.72. The highest BCUT2D eigenvalue weighted by Crippen LogP contribution is 2.31. The van der Waals surface area contributed by atoms with Crippen molar-refractivity contribution in [3.63, 3.8) is 0 Å². The van der Waals surface area contributed by atoms with Gasteiger partial charge in [0.25, 0.3) is 0 Å². The molecule has 0 aromatic heterocycles. The molecule has 4 nitrogen and oxygen atoms in total. The van der Waals surface area contributed by atoms with Gasteiger partial charge in [0.2, 0.25) is 0 Å². The maximum atomic E-state index is 9.22. The molecule has 1 fully saturated rings. The lowest BCUT2D eigenvalue weighted by atomic mass is 10.1. The number of hydrogen-bond acceptors (Lipinski definition) is 4. The average molecular weight is 453 g/mol. The molecule has 1 unspecified atom stereocenters. The summed E-state index contributed by atoms with van der Waals surface area (Å²) in [5.74, 6) is 0. The van der Waals surface area contributed by atoms with Gasteiger partial charge in [-0.25, -0.2) is 0 Å². The number of halogens is 3. The van der Waals surface area contributed by atoms with E-state index in [-0.39, 0.29) is 6.04 Å². The molecule has 0 aliphatic carbocycles. The number of nitrogens with zero attached hydrogens (tertiary/aromatic N) is 3. The van der Waals surface area contributed by atoms with E-state index in [2.05, 4.69) is 29.9 Å². The fraction of sp³-hybridized carbons (Fsp3) is 0.409. The Labute approximate surface area is 187 Å². The third kappa shape index (κ3) is 5.36. The summed E-state index contributed by atoms with van der Waals surface area (Å²) in [4.78, 5) is 8.17. The van der Waals surface area contributed by atoms with Crippen LogP contribution in [0.3, 0.4) is 0 Å². The molecule has 2 aromatic carbocycles. The molecule has 0 bridgehead atoms. The molecule has 0 amide bonds. The lowest BCUT2D eigenvalue weighted by molar-refractivity contribution is -0.207. The molecule has 1 saturated heterocycles. The summed E-state index contributed by atoms with van der Waals surface area (Å²) >= 11 is 19.0. The first kappa shape index (κ1) is 22.2. The molecule has 1 heterocycles. The van der Waals surface area contributed by atoms with Gasteiger partial charge in [0, 0.05) is 40.9 Å². The SMILES string of the molecule is CCC(C)N1C[C@@H](N(Cc2cc(Cl)ccc2Cl)c2ccc(C#N)c(Cl)c2)CCO1. The quantitative estimate of drug-likeness (QED) is 0.513. The van der Waals surface area contributed by atoms with Crippen molar-refractivity contribution < 1.29 is 4.84 Å². The molecule has 0 spiro atoms. The molecule has 7 heteroatoms. The van der Waals surface area contributed by atoms with Gasteiger partial charge in [0.15, 0.2) is 0 Å². The van der Waals surface area contributed by atoms with Crippen LogP contribution in [0, 0.1) is 11.3 Å². The van der Waals surface area contributed by atoms with E-state index in [0.717, 1.165) is 30.6 Å². The predicted molar refractivity (Wildman–Crippen MR) is 120 cm³/mol. The lowest BCUT2D eigenvalue weighted by Gasteiger charge is -2.42. The topological polar surface area (TPSA) is 39.5 Å². The minimum Gasteiger partial charge on any atom is -0.363 e. The average Bonchev–Trinajstić information content (AvgIpc) is 2.73. The van der Waals surface area contributed by atoms with Crippen molar-refractivity contribution in [3.05, 3.63) is 62.6 Å². The first-order valence-corrected chi connectivity index (χ1v) is 10.9. The number of anilines is 1. The zero-order valence-corrected chi connectivity index (χ0v) is 18.8. The number of rotatable bonds is 6. The van der Waals surface area contributed by atoms with Crippen LogP contribution in [-0.4, -0.2) is 30.3 Å². The lowest BCUT2D eigenvalue weighted by Crippen LogP contribution is -2.51. The first-order chi connectivity index (χ1) is 13.9. The molecule has 0 radical (unpaired) electrons. The highest BCUT2D eigenvalue weighted by Gasteiger charge is 2.29. The second-order valence-electron chi connectivity index (χ2n) is 7.27. The molecule has 1 aliphatic rings. The Hall–Kier alpha value is -1.48. The van der Waals surface area contributed by atoms with Crippen molar-refractivity contribution in [1.82, 2.24) is 5.06 Å². The van der Waals surface area contributed by atoms with Gasteiger partial charge < -0.3 is 4.90 Å². The van der Waals surface area contributed by atoms with E-state index in [9.17, 15) is 5.26 Å². The molecule has 2 atom stereocenters. The van der Waals surface area contributed by atoms with E-state index in [0.29, 0.717) is 39.8 Å². The van der Waals surface area contributed by atoms with Crippen LogP contribution in [0.4, 0.5) is 5.69 Å². The number of nitriles is 1. The van der Waals surface area contributed by atoms with Gasteiger partial charge in [-0.15, -0.1) is 0 Å². The van der Waals surface area contributed by atoms with E-state index in [1.165, 1.54) is 0 Å². The number of hydroxylamine groups is 2. The minimum atomic E-state index is 0.205. The van der Waals surface area contributed by atoms with Crippen LogP contribution in [0.2, 0.25) is 15.1 Å². The summed E-state index contributed by atoms with van der Waals surface area (Å²) in [5.41, 5.74) is 2.35. The molecule has 3 rings (SSSR count). The van der Waals surface area contributed by atoms with Crippen molar-refractivity contribution in [3.8, 4) is 6.07 Å². The van der Waals surface area contributed by atoms with Crippen molar-refractivity contribution >= 4 is 40.5 Å². The Kier molecular flexibility index (Phi) is 7.67. The third-order valence-electron chi connectivity index (χ3n) is 5.38. The van der Waals surface area contributed by atoms with Gasteiger partial charge in [-0.05, 0) is 61.7 Å². The zero-order valence-electron chi connectivity index (χ0n) is 16.5. The summed E-state index contributed by atoms with van der Waals surface area (Å²) in [7, 11) is 0. The van der Waals surface area contributed by atoms with E-state index in [4.69, 9.17) is 39.6 Å². The summed E-state index contributed by atoms with van der Waals surface area (Å²) in [6, 6.07) is 13.7. The van der Waals surface area contributed by atoms with Gasteiger partial charge in [0.05, 0.1) is 17.2 Å². The van der Waals surface area contributed by atoms with E-state index < -0.39 is 0 Å². The molecular weight excluding hydrogens is 429 g/mol. The van der Waals surface area contributed by atoms with Crippen LogP contribution < -0.4 is 4.90 Å². The number of hydrogen-bond donors (Lipinski definition) is 0. The van der Waals surface area contributed by atoms with Gasteiger partial charge in [-0.1, -0.05) is 41.7 Å². The summed E-state index contributed by atoms with van der Waals surface area (Å²) < 4.78 is 0. The van der Waals surface area contributed by atoms with Gasteiger partial charge in [0.1, 0.15) is 6.07 Å². The van der Waals surface area contributed by atoms with E-state index >= 15 is 0 Å². The Balaban J connectivity index is 1.96. The van der Waals surface area contributed by atoms with Gasteiger partial charge >= 0.3 is 0 Å². The van der Waals surface area contributed by atoms with Gasteiger partial charge in [-0.2, -0.15) is 10.3 Å². The van der Waals surface area contributed by atoms with Crippen molar-refractivity contribution in [2.24, 2.45) is 0 Å². The van der Waals surface area contributed by atoms with Crippen LogP contribution in [0.25, 0.3) is 0 Å². The second-order valence-corrected chi connectivity index (χ2v) is 8.52. The molecule has 0 N–H and O–H groups in total. The third-order valence-corrected chi connectivity index (χ3v) is 6.29. The summed E-state index contributed by atoms with van der Waals surface area (Å²) in [6.07, 6.45) is 1.89. The minimum absolute atomic E-state index is 0.205. The summed E-state index contributed by atoms with van der Waals surface area (Å²) in [6.45, 7) is 6.32. The van der Waals surface area contributed by atoms with Crippen molar-refractivity contribution in [2.45, 2.75) is 45.3 Å². The molecular formula is C22H24Cl3N3O. The van der Waals surface area contributed by atoms with Crippen LogP contribution in [0.15, 0.2) is 36.4 Å². The van der Waals surface area contributed by atoms with Crippen molar-refractivity contribution in [2.75, 3.05) is 18.1 Å². The zero-order chi connectivity index (χ0) is 21.0. The predicted octanol–water partition coefficient (Wildman–Crippen LogP) is 6.33. The molecule has 154 valence electrons. The number of benzene rings is 2. The highest BCUT2D eigenvalue weighted by atomic mass is 35.5. The maximum Gasteiger partial charge on any atom is 0.101 e. The smallest absolute Gasteiger partial charge is 0.101 e. The largest absolute Gasteiger partial charge is 0.363 e. The van der Waals surface area contributed by atoms with Crippen molar-refractivity contribution in [1.29, 1.82) is 5.26 Å². The van der Waals surface area contributed by atoms with Crippen LogP contribution in [0.5, 0.6) is 0 Å². The summed E-state index contributed by atoms with van der Waals surface area (Å²) in [5, 5.41) is 13.0. The normalized spacial score (nSPS) is 18.3. The van der Waals surface area contributed by atoms with Crippen LogP contribution in [0.1, 0.15) is 37.8 Å². The standard InChI is InChI=1S/C22H24Cl3N3O/c1-3-15(2)28-14-20(8-9-29-28)27(13-17-10-18(23)5-7-21(17)24)19-6-4-16(12-26)22(25)11-19/h4-7,10-11,15,20H,3,8-9,13-14H2,1-2H3/t15?,20-/m0/s1. The molecule has 1 aliphatic heterocycles. The molecule has 29 heavy (non-hydrogen) atoms. The van der Waals surface area contributed by atoms with E-state index in [1.54, 1.807) is 12.1 Å². The molecule has 0 saturated carbocycles. The maximum absolute atomic E-state index is 9.22.